The second-order valence-electron chi connectivity index (χ2n) is 3.91. The normalized spacial score (nSPS) is 10.8. The van der Waals surface area contributed by atoms with Crippen LogP contribution in [0.15, 0.2) is 18.2 Å². The third-order valence-corrected chi connectivity index (χ3v) is 2.91. The van der Waals surface area contributed by atoms with Crippen LogP contribution in [0.1, 0.15) is 13.3 Å². The molecule has 3 N–H and O–H groups in total. The molecule has 16 heavy (non-hydrogen) atoms. The largest absolute Gasteiger partial charge is 0.398 e. The van der Waals surface area contributed by atoms with Gasteiger partial charge in [0, 0.05) is 12.2 Å². The number of halogens is 1. The lowest BCUT2D eigenvalue weighted by Crippen LogP contribution is -2.20. The molecule has 0 saturated carbocycles. The zero-order chi connectivity index (χ0) is 12.0. The van der Waals surface area contributed by atoms with E-state index in [1.54, 1.807) is 0 Å². The van der Waals surface area contributed by atoms with E-state index in [-0.39, 0.29) is 0 Å². The lowest BCUT2D eigenvalue weighted by atomic mass is 10.2. The molecule has 0 fully saturated rings. The van der Waals surface area contributed by atoms with Gasteiger partial charge in [0.15, 0.2) is 0 Å². The first-order chi connectivity index (χ1) is 7.63. The summed E-state index contributed by atoms with van der Waals surface area (Å²) < 4.78 is 0. The first-order valence-corrected chi connectivity index (χ1v) is 5.98. The van der Waals surface area contributed by atoms with Gasteiger partial charge >= 0.3 is 0 Å². The van der Waals surface area contributed by atoms with Gasteiger partial charge in [0.1, 0.15) is 0 Å². The van der Waals surface area contributed by atoms with E-state index < -0.39 is 0 Å². The van der Waals surface area contributed by atoms with Crippen molar-refractivity contribution in [2.24, 2.45) is 0 Å². The Morgan fingerprint density at radius 3 is 2.81 bits per heavy atom. The van der Waals surface area contributed by atoms with Crippen LogP contribution in [0.5, 0.6) is 0 Å². The van der Waals surface area contributed by atoms with Gasteiger partial charge in [0.2, 0.25) is 0 Å². The lowest BCUT2D eigenvalue weighted by molar-refractivity contribution is 0.351. The summed E-state index contributed by atoms with van der Waals surface area (Å²) in [6.45, 7) is 5.30. The van der Waals surface area contributed by atoms with Gasteiger partial charge in [-0.15, -0.1) is 0 Å². The highest BCUT2D eigenvalue weighted by molar-refractivity contribution is 6.33. The summed E-state index contributed by atoms with van der Waals surface area (Å²) in [6.07, 6.45) is 1.12. The first kappa shape index (κ1) is 13.1. The average molecular weight is 242 g/mol. The van der Waals surface area contributed by atoms with E-state index >= 15 is 0 Å². The van der Waals surface area contributed by atoms with Crippen molar-refractivity contribution in [3.63, 3.8) is 0 Å². The highest BCUT2D eigenvalue weighted by Crippen LogP contribution is 2.22. The highest BCUT2D eigenvalue weighted by Gasteiger charge is 1.98. The number of hydrogen-bond donors (Lipinski definition) is 2. The number of nitrogens with one attached hydrogen (secondary N) is 1. The van der Waals surface area contributed by atoms with Gasteiger partial charge in [-0.25, -0.2) is 0 Å². The number of hydrogen-bond acceptors (Lipinski definition) is 3. The molecule has 0 aromatic heterocycles. The Hall–Kier alpha value is -0.930. The number of anilines is 2. The average Bonchev–Trinajstić information content (AvgIpc) is 2.28. The SMILES string of the molecule is CCN(C)CCCNc1ccc(N)c(Cl)c1. The van der Waals surface area contributed by atoms with Gasteiger partial charge in [-0.1, -0.05) is 18.5 Å². The summed E-state index contributed by atoms with van der Waals surface area (Å²) >= 11 is 5.93. The summed E-state index contributed by atoms with van der Waals surface area (Å²) in [5.41, 5.74) is 7.28. The van der Waals surface area contributed by atoms with Crippen LogP contribution in [0.2, 0.25) is 5.02 Å². The maximum absolute atomic E-state index is 5.93. The number of nitrogen functional groups attached to an aromatic ring is 1. The fourth-order valence-corrected chi connectivity index (χ4v) is 1.56. The topological polar surface area (TPSA) is 41.3 Å². The van der Waals surface area contributed by atoms with Gasteiger partial charge in [-0.2, -0.15) is 0 Å². The molecule has 0 bridgehead atoms. The molecular weight excluding hydrogens is 222 g/mol. The monoisotopic (exact) mass is 241 g/mol. The number of nitrogens with zero attached hydrogens (tertiary/aromatic N) is 1. The van der Waals surface area contributed by atoms with Crippen LogP contribution in [0.3, 0.4) is 0 Å². The minimum atomic E-state index is 0.607. The molecule has 1 rings (SSSR count). The summed E-state index contributed by atoms with van der Waals surface area (Å²) in [6, 6.07) is 5.63. The fraction of sp³-hybridized carbons (Fsp3) is 0.500. The zero-order valence-corrected chi connectivity index (χ0v) is 10.7. The van der Waals surface area contributed by atoms with E-state index in [1.165, 1.54) is 0 Å². The van der Waals surface area contributed by atoms with Crippen molar-refractivity contribution in [2.45, 2.75) is 13.3 Å². The van der Waals surface area contributed by atoms with Gasteiger partial charge in [-0.05, 0) is 44.8 Å². The maximum Gasteiger partial charge on any atom is 0.0655 e. The second kappa shape index (κ2) is 6.61. The molecule has 0 aliphatic heterocycles. The summed E-state index contributed by atoms with van der Waals surface area (Å²) in [5.74, 6) is 0. The molecule has 0 atom stereocenters. The first-order valence-electron chi connectivity index (χ1n) is 5.61. The molecule has 3 nitrogen and oxygen atoms in total. The quantitative estimate of drug-likeness (QED) is 0.594. The molecule has 90 valence electrons. The number of benzene rings is 1. The van der Waals surface area contributed by atoms with Gasteiger partial charge in [0.25, 0.3) is 0 Å². The van der Waals surface area contributed by atoms with Crippen LogP contribution in [0.25, 0.3) is 0 Å². The molecule has 0 spiro atoms. The van der Waals surface area contributed by atoms with Crippen LogP contribution in [-0.4, -0.2) is 31.6 Å². The standard InChI is InChI=1S/C12H20ClN3/c1-3-16(2)8-4-7-15-10-5-6-12(14)11(13)9-10/h5-6,9,15H,3-4,7-8,14H2,1-2H3. The minimum absolute atomic E-state index is 0.607. The van der Waals surface area contributed by atoms with Crippen molar-refractivity contribution in [2.75, 3.05) is 37.7 Å². The Kier molecular flexibility index (Phi) is 5.43. The molecule has 0 saturated heterocycles. The predicted octanol–water partition coefficient (Wildman–Crippen LogP) is 2.68. The van der Waals surface area contributed by atoms with E-state index in [4.69, 9.17) is 17.3 Å². The minimum Gasteiger partial charge on any atom is -0.398 e. The molecule has 0 radical (unpaired) electrons. The Morgan fingerprint density at radius 2 is 2.19 bits per heavy atom. The molecule has 0 heterocycles. The molecule has 0 unspecified atom stereocenters. The van der Waals surface area contributed by atoms with Gasteiger partial charge in [0.05, 0.1) is 10.7 Å². The van der Waals surface area contributed by atoms with Crippen molar-refractivity contribution in [1.82, 2.24) is 4.90 Å². The molecule has 0 aliphatic carbocycles. The van der Waals surface area contributed by atoms with Gasteiger partial charge in [-0.3, -0.25) is 0 Å². The molecular formula is C12H20ClN3. The van der Waals surface area contributed by atoms with Crippen molar-refractivity contribution in [3.8, 4) is 0 Å². The van der Waals surface area contributed by atoms with Crippen molar-refractivity contribution < 1.29 is 0 Å². The third-order valence-electron chi connectivity index (χ3n) is 2.59. The van der Waals surface area contributed by atoms with Crippen molar-refractivity contribution in [3.05, 3.63) is 23.2 Å². The second-order valence-corrected chi connectivity index (χ2v) is 4.32. The summed E-state index contributed by atoms with van der Waals surface area (Å²) in [4.78, 5) is 2.29. The lowest BCUT2D eigenvalue weighted by Gasteiger charge is -2.14. The third kappa shape index (κ3) is 4.29. The molecule has 1 aromatic carbocycles. The van der Waals surface area contributed by atoms with Crippen LogP contribution >= 0.6 is 11.6 Å². The summed E-state index contributed by atoms with van der Waals surface area (Å²) in [7, 11) is 2.13. The van der Waals surface area contributed by atoms with E-state index in [0.29, 0.717) is 10.7 Å². The Bertz CT molecular complexity index is 328. The Morgan fingerprint density at radius 1 is 1.44 bits per heavy atom. The van der Waals surface area contributed by atoms with Crippen LogP contribution in [-0.2, 0) is 0 Å². The number of rotatable bonds is 6. The maximum atomic E-state index is 5.93. The van der Waals surface area contributed by atoms with E-state index in [0.717, 1.165) is 31.7 Å². The molecule has 1 aromatic rings. The Labute approximate surface area is 103 Å². The zero-order valence-electron chi connectivity index (χ0n) is 9.96. The predicted molar refractivity (Wildman–Crippen MR) is 72.1 cm³/mol. The van der Waals surface area contributed by atoms with E-state index in [9.17, 15) is 0 Å². The number of nitrogens with two attached hydrogens (primary N) is 1. The summed E-state index contributed by atoms with van der Waals surface area (Å²) in [5, 5.41) is 3.93. The van der Waals surface area contributed by atoms with Crippen molar-refractivity contribution in [1.29, 1.82) is 0 Å². The smallest absolute Gasteiger partial charge is 0.0655 e. The molecule has 4 heteroatoms. The van der Waals surface area contributed by atoms with Crippen LogP contribution < -0.4 is 11.1 Å². The molecule has 0 amide bonds. The van der Waals surface area contributed by atoms with Crippen LogP contribution in [0.4, 0.5) is 11.4 Å². The van der Waals surface area contributed by atoms with E-state index in [2.05, 4.69) is 24.2 Å². The van der Waals surface area contributed by atoms with Gasteiger partial charge < -0.3 is 16.0 Å². The van der Waals surface area contributed by atoms with Crippen LogP contribution in [0, 0.1) is 0 Å². The fourth-order valence-electron chi connectivity index (χ4n) is 1.38. The van der Waals surface area contributed by atoms with E-state index in [1.807, 2.05) is 18.2 Å². The molecule has 0 aliphatic rings. The highest BCUT2D eigenvalue weighted by atomic mass is 35.5. The van der Waals surface area contributed by atoms with Crippen molar-refractivity contribution >= 4 is 23.0 Å². The Balaban J connectivity index is 2.29.